The summed E-state index contributed by atoms with van der Waals surface area (Å²) in [7, 11) is 0. The lowest BCUT2D eigenvalue weighted by Gasteiger charge is -2.35. The van der Waals surface area contributed by atoms with Crippen LogP contribution in [0.2, 0.25) is 0 Å². The van der Waals surface area contributed by atoms with Gasteiger partial charge in [0.1, 0.15) is 5.65 Å². The van der Waals surface area contributed by atoms with E-state index in [2.05, 4.69) is 24.1 Å². The highest BCUT2D eigenvalue weighted by molar-refractivity contribution is 5.90. The highest BCUT2D eigenvalue weighted by Crippen LogP contribution is 2.30. The Bertz CT molecular complexity index is 947. The fourth-order valence-electron chi connectivity index (χ4n) is 3.82. The molecule has 0 aliphatic carbocycles. The van der Waals surface area contributed by atoms with Crippen LogP contribution >= 0.6 is 0 Å². The SMILES string of the molecule is CC1(C)CC(CC(=O)Nc2ccc3nc(-c4ccccc4)cn3c2)CCO1. The number of benzene rings is 1. The van der Waals surface area contributed by atoms with Crippen molar-refractivity contribution in [1.82, 2.24) is 9.38 Å². The van der Waals surface area contributed by atoms with Crippen LogP contribution in [-0.2, 0) is 9.53 Å². The van der Waals surface area contributed by atoms with E-state index in [0.29, 0.717) is 12.3 Å². The second kappa shape index (κ2) is 7.16. The number of amides is 1. The molecule has 1 unspecified atom stereocenters. The minimum absolute atomic E-state index is 0.0560. The lowest BCUT2D eigenvalue weighted by molar-refractivity contribution is -0.120. The summed E-state index contributed by atoms with van der Waals surface area (Å²) >= 11 is 0. The Balaban J connectivity index is 1.45. The Morgan fingerprint density at radius 3 is 2.81 bits per heavy atom. The van der Waals surface area contributed by atoms with Gasteiger partial charge in [0, 0.05) is 31.0 Å². The number of nitrogens with one attached hydrogen (secondary N) is 1. The van der Waals surface area contributed by atoms with Crippen LogP contribution in [0.15, 0.2) is 54.9 Å². The molecule has 27 heavy (non-hydrogen) atoms. The first kappa shape index (κ1) is 17.7. The van der Waals surface area contributed by atoms with E-state index in [1.54, 1.807) is 0 Å². The summed E-state index contributed by atoms with van der Waals surface area (Å²) in [4.78, 5) is 17.1. The molecule has 5 nitrogen and oxygen atoms in total. The monoisotopic (exact) mass is 363 g/mol. The Morgan fingerprint density at radius 1 is 1.22 bits per heavy atom. The predicted octanol–water partition coefficient (Wildman–Crippen LogP) is 4.54. The van der Waals surface area contributed by atoms with Crippen molar-refractivity contribution in [1.29, 1.82) is 0 Å². The summed E-state index contributed by atoms with van der Waals surface area (Å²) in [5.74, 6) is 0.427. The summed E-state index contributed by atoms with van der Waals surface area (Å²) in [5, 5.41) is 3.03. The van der Waals surface area contributed by atoms with Gasteiger partial charge in [-0.2, -0.15) is 0 Å². The molecular formula is C22H25N3O2. The third-order valence-corrected chi connectivity index (χ3v) is 5.08. The van der Waals surface area contributed by atoms with Crippen LogP contribution in [-0.4, -0.2) is 27.5 Å². The van der Waals surface area contributed by atoms with Crippen molar-refractivity contribution >= 4 is 17.2 Å². The first-order valence-corrected chi connectivity index (χ1v) is 9.46. The number of rotatable bonds is 4. The molecule has 1 aliphatic rings. The second-order valence-corrected chi connectivity index (χ2v) is 7.89. The molecule has 1 amide bonds. The molecule has 4 rings (SSSR count). The molecule has 2 aromatic heterocycles. The molecule has 0 saturated carbocycles. The fraction of sp³-hybridized carbons (Fsp3) is 0.364. The van der Waals surface area contributed by atoms with Crippen molar-refractivity contribution in [2.24, 2.45) is 5.92 Å². The highest BCUT2D eigenvalue weighted by Gasteiger charge is 2.29. The summed E-state index contributed by atoms with van der Waals surface area (Å²) < 4.78 is 7.69. The highest BCUT2D eigenvalue weighted by atomic mass is 16.5. The fourth-order valence-corrected chi connectivity index (χ4v) is 3.82. The number of carbonyl (C=O) groups excluding carboxylic acids is 1. The van der Waals surface area contributed by atoms with Crippen molar-refractivity contribution in [2.75, 3.05) is 11.9 Å². The van der Waals surface area contributed by atoms with E-state index in [1.165, 1.54) is 0 Å². The molecule has 3 aromatic rings. The topological polar surface area (TPSA) is 55.6 Å². The zero-order valence-corrected chi connectivity index (χ0v) is 15.8. The maximum absolute atomic E-state index is 12.5. The molecule has 0 bridgehead atoms. The number of hydrogen-bond acceptors (Lipinski definition) is 3. The van der Waals surface area contributed by atoms with Gasteiger partial charge in [0.05, 0.1) is 17.0 Å². The molecule has 5 heteroatoms. The lowest BCUT2D eigenvalue weighted by Crippen LogP contribution is -2.35. The first-order valence-electron chi connectivity index (χ1n) is 9.46. The molecule has 1 fully saturated rings. The van der Waals surface area contributed by atoms with E-state index in [9.17, 15) is 4.79 Å². The van der Waals surface area contributed by atoms with Crippen LogP contribution in [0.5, 0.6) is 0 Å². The van der Waals surface area contributed by atoms with Gasteiger partial charge >= 0.3 is 0 Å². The van der Waals surface area contributed by atoms with Gasteiger partial charge in [0.2, 0.25) is 5.91 Å². The number of carbonyl (C=O) groups is 1. The van der Waals surface area contributed by atoms with Crippen molar-refractivity contribution < 1.29 is 9.53 Å². The van der Waals surface area contributed by atoms with Crippen LogP contribution < -0.4 is 5.32 Å². The lowest BCUT2D eigenvalue weighted by atomic mass is 9.86. The van der Waals surface area contributed by atoms with Gasteiger partial charge in [0.15, 0.2) is 0 Å². The number of hydrogen-bond donors (Lipinski definition) is 1. The molecule has 0 spiro atoms. The van der Waals surface area contributed by atoms with Gasteiger partial charge in [0.25, 0.3) is 0 Å². The Kier molecular flexibility index (Phi) is 4.70. The van der Waals surface area contributed by atoms with Crippen LogP contribution in [0.25, 0.3) is 16.9 Å². The molecule has 3 heterocycles. The molecule has 1 N–H and O–H groups in total. The minimum atomic E-state index is -0.132. The zero-order valence-electron chi connectivity index (χ0n) is 15.8. The number of aromatic nitrogens is 2. The quantitative estimate of drug-likeness (QED) is 0.741. The number of ether oxygens (including phenoxy) is 1. The summed E-state index contributed by atoms with van der Waals surface area (Å²) in [5.41, 5.74) is 3.51. The number of pyridine rings is 1. The Hall–Kier alpha value is -2.66. The third-order valence-electron chi connectivity index (χ3n) is 5.08. The van der Waals surface area contributed by atoms with Crippen molar-refractivity contribution in [3.05, 3.63) is 54.9 Å². The van der Waals surface area contributed by atoms with Gasteiger partial charge in [-0.15, -0.1) is 0 Å². The molecule has 140 valence electrons. The maximum atomic E-state index is 12.5. The maximum Gasteiger partial charge on any atom is 0.224 e. The van der Waals surface area contributed by atoms with E-state index in [-0.39, 0.29) is 11.5 Å². The molecular weight excluding hydrogens is 338 g/mol. The zero-order chi connectivity index (χ0) is 18.9. The molecule has 1 atom stereocenters. The van der Waals surface area contributed by atoms with Gasteiger partial charge in [-0.25, -0.2) is 4.98 Å². The molecule has 1 saturated heterocycles. The summed E-state index contributed by atoms with van der Waals surface area (Å²) in [6, 6.07) is 13.9. The largest absolute Gasteiger partial charge is 0.376 e. The van der Waals surface area contributed by atoms with Gasteiger partial charge in [-0.05, 0) is 44.7 Å². The average molecular weight is 363 g/mol. The van der Waals surface area contributed by atoms with Crippen LogP contribution in [0.4, 0.5) is 5.69 Å². The van der Waals surface area contributed by atoms with E-state index >= 15 is 0 Å². The molecule has 1 aromatic carbocycles. The van der Waals surface area contributed by atoms with Gasteiger partial charge in [-0.3, -0.25) is 4.79 Å². The van der Waals surface area contributed by atoms with E-state index < -0.39 is 0 Å². The van der Waals surface area contributed by atoms with Crippen LogP contribution in [0.1, 0.15) is 33.1 Å². The van der Waals surface area contributed by atoms with Crippen molar-refractivity contribution in [2.45, 2.75) is 38.7 Å². The normalized spacial score (nSPS) is 19.1. The Labute approximate surface area is 159 Å². The van der Waals surface area contributed by atoms with Crippen molar-refractivity contribution in [3.63, 3.8) is 0 Å². The van der Waals surface area contributed by atoms with Gasteiger partial charge < -0.3 is 14.5 Å². The van der Waals surface area contributed by atoms with E-state index in [4.69, 9.17) is 4.74 Å². The standard InChI is InChI=1S/C22H25N3O2/c1-22(2)13-16(10-11-27-22)12-21(26)23-18-8-9-20-24-19(15-25(20)14-18)17-6-4-3-5-7-17/h3-9,14-16H,10-13H2,1-2H3,(H,23,26). The number of nitrogens with zero attached hydrogens (tertiary/aromatic N) is 2. The number of fused-ring (bicyclic) bond motifs is 1. The van der Waals surface area contributed by atoms with Crippen molar-refractivity contribution in [3.8, 4) is 11.3 Å². The van der Waals surface area contributed by atoms with Gasteiger partial charge in [-0.1, -0.05) is 30.3 Å². The third kappa shape index (κ3) is 4.19. The van der Waals surface area contributed by atoms with Crippen LogP contribution in [0.3, 0.4) is 0 Å². The minimum Gasteiger partial charge on any atom is -0.376 e. The number of imidazole rings is 1. The average Bonchev–Trinajstić information content (AvgIpc) is 3.05. The predicted molar refractivity (Wildman–Crippen MR) is 107 cm³/mol. The second-order valence-electron chi connectivity index (χ2n) is 7.89. The molecule has 0 radical (unpaired) electrons. The smallest absolute Gasteiger partial charge is 0.224 e. The van der Waals surface area contributed by atoms with E-state index in [1.807, 2.05) is 59.3 Å². The van der Waals surface area contributed by atoms with E-state index in [0.717, 1.165) is 42.0 Å². The summed E-state index contributed by atoms with van der Waals surface area (Å²) in [6.07, 6.45) is 6.30. The first-order chi connectivity index (χ1) is 13.0. The number of anilines is 1. The molecule has 1 aliphatic heterocycles. The summed E-state index contributed by atoms with van der Waals surface area (Å²) in [6.45, 7) is 4.91. The Morgan fingerprint density at radius 2 is 2.04 bits per heavy atom. The van der Waals surface area contributed by atoms with Crippen LogP contribution in [0, 0.1) is 5.92 Å².